The Bertz CT molecular complexity index is 549. The number of hydrogen-bond donors (Lipinski definition) is 2. The molecule has 1 atom stereocenters. The Morgan fingerprint density at radius 3 is 3.00 bits per heavy atom. The minimum atomic E-state index is -0.616. The van der Waals surface area contributed by atoms with Crippen LogP contribution in [0.5, 0.6) is 5.75 Å². The lowest BCUT2D eigenvalue weighted by Gasteiger charge is -2.35. The Balaban J connectivity index is 2.48. The van der Waals surface area contributed by atoms with Gasteiger partial charge in [-0.25, -0.2) is 0 Å². The Morgan fingerprint density at radius 2 is 2.38 bits per heavy atom. The molecule has 1 amide bonds. The van der Waals surface area contributed by atoms with Gasteiger partial charge in [-0.05, 0) is 19.1 Å². The third kappa shape index (κ3) is 3.05. The number of nitrogens with zero attached hydrogens (tertiary/aromatic N) is 2. The Morgan fingerprint density at radius 1 is 1.62 bits per heavy atom. The highest BCUT2D eigenvalue weighted by atomic mass is 16.6. The minimum absolute atomic E-state index is 0.132. The molecule has 114 valence electrons. The third-order valence-corrected chi connectivity index (χ3v) is 3.34. The maximum atomic E-state index is 11.6. The zero-order valence-electron chi connectivity index (χ0n) is 11.7. The van der Waals surface area contributed by atoms with Gasteiger partial charge in [0.25, 0.3) is 0 Å². The number of hydrogen-bond acceptors (Lipinski definition) is 6. The molecule has 8 nitrogen and oxygen atoms in total. The highest BCUT2D eigenvalue weighted by Crippen LogP contribution is 2.38. The summed E-state index contributed by atoms with van der Waals surface area (Å²) in [5, 5.41) is 14.5. The third-order valence-electron chi connectivity index (χ3n) is 3.34. The monoisotopic (exact) mass is 294 g/mol. The van der Waals surface area contributed by atoms with Crippen LogP contribution in [0.4, 0.5) is 11.4 Å². The predicted octanol–water partition coefficient (Wildman–Crippen LogP) is 0.257. The molecule has 0 spiro atoms. The number of primary amides is 1. The lowest BCUT2D eigenvalue weighted by atomic mass is 10.1. The van der Waals surface area contributed by atoms with Crippen LogP contribution >= 0.6 is 0 Å². The number of nitro groups is 1. The average molecular weight is 294 g/mol. The topological polar surface area (TPSA) is 111 Å². The van der Waals surface area contributed by atoms with Gasteiger partial charge in [-0.2, -0.15) is 0 Å². The standard InChI is InChI=1S/C13H18N4O4/c1-2-21-11-5-3-4-9(12(11)17(19)20)16-7-6-15-8-10(16)13(14)18/h3-5,10,15H,2,6-8H2,1H3,(H2,14,18). The molecule has 1 saturated heterocycles. The minimum Gasteiger partial charge on any atom is -0.487 e. The molecule has 8 heteroatoms. The molecule has 1 aromatic carbocycles. The molecular formula is C13H18N4O4. The van der Waals surface area contributed by atoms with Crippen molar-refractivity contribution in [2.75, 3.05) is 31.1 Å². The highest BCUT2D eigenvalue weighted by Gasteiger charge is 2.33. The maximum Gasteiger partial charge on any atom is 0.333 e. The first-order valence-electron chi connectivity index (χ1n) is 6.73. The van der Waals surface area contributed by atoms with Crippen molar-refractivity contribution in [2.24, 2.45) is 5.73 Å². The van der Waals surface area contributed by atoms with Crippen molar-refractivity contribution in [1.29, 1.82) is 0 Å². The summed E-state index contributed by atoms with van der Waals surface area (Å²) in [6.07, 6.45) is 0. The number of amides is 1. The molecule has 1 fully saturated rings. The van der Waals surface area contributed by atoms with E-state index in [0.29, 0.717) is 31.9 Å². The van der Waals surface area contributed by atoms with Gasteiger partial charge in [0.2, 0.25) is 5.91 Å². The molecule has 0 saturated carbocycles. The smallest absolute Gasteiger partial charge is 0.333 e. The SMILES string of the molecule is CCOc1cccc(N2CCNCC2C(N)=O)c1[N+](=O)[O-]. The van der Waals surface area contributed by atoms with E-state index in [0.717, 1.165) is 0 Å². The molecule has 1 aliphatic heterocycles. The second-order valence-corrected chi connectivity index (χ2v) is 4.63. The van der Waals surface area contributed by atoms with Crippen molar-refractivity contribution in [2.45, 2.75) is 13.0 Å². The summed E-state index contributed by atoms with van der Waals surface area (Å²) in [5.74, 6) is -0.319. The Labute approximate surface area is 122 Å². The summed E-state index contributed by atoms with van der Waals surface area (Å²) in [5.41, 5.74) is 5.62. The first-order chi connectivity index (χ1) is 10.1. The first kappa shape index (κ1) is 15.0. The molecule has 1 unspecified atom stereocenters. The fourth-order valence-electron chi connectivity index (χ4n) is 2.44. The van der Waals surface area contributed by atoms with Crippen molar-refractivity contribution in [1.82, 2.24) is 5.32 Å². The molecular weight excluding hydrogens is 276 g/mol. The van der Waals surface area contributed by atoms with Crippen LogP contribution in [0.25, 0.3) is 0 Å². The lowest BCUT2D eigenvalue weighted by molar-refractivity contribution is -0.385. The van der Waals surface area contributed by atoms with Gasteiger partial charge in [-0.3, -0.25) is 14.9 Å². The summed E-state index contributed by atoms with van der Waals surface area (Å²) in [6.45, 7) is 3.54. The van der Waals surface area contributed by atoms with Gasteiger partial charge >= 0.3 is 5.69 Å². The number of anilines is 1. The number of para-hydroxylation sites is 1. The van der Waals surface area contributed by atoms with Gasteiger partial charge in [0.15, 0.2) is 5.75 Å². The van der Waals surface area contributed by atoms with Gasteiger partial charge in [0.1, 0.15) is 11.7 Å². The number of nitrogens with two attached hydrogens (primary N) is 1. The van der Waals surface area contributed by atoms with Crippen molar-refractivity contribution in [3.8, 4) is 5.75 Å². The van der Waals surface area contributed by atoms with E-state index >= 15 is 0 Å². The van der Waals surface area contributed by atoms with Crippen LogP contribution < -0.4 is 20.7 Å². The van der Waals surface area contributed by atoms with Gasteiger partial charge in [-0.15, -0.1) is 0 Å². The summed E-state index contributed by atoms with van der Waals surface area (Å²) in [7, 11) is 0. The van der Waals surface area contributed by atoms with E-state index < -0.39 is 16.9 Å². The number of carbonyl (C=O) groups is 1. The number of carbonyl (C=O) groups excluding carboxylic acids is 1. The van der Waals surface area contributed by atoms with Crippen LogP contribution in [0, 0.1) is 10.1 Å². The van der Waals surface area contributed by atoms with Crippen molar-refractivity contribution >= 4 is 17.3 Å². The van der Waals surface area contributed by atoms with Gasteiger partial charge < -0.3 is 20.7 Å². The number of ether oxygens (including phenoxy) is 1. The number of nitro benzene ring substituents is 1. The van der Waals surface area contributed by atoms with E-state index in [4.69, 9.17) is 10.5 Å². The van der Waals surface area contributed by atoms with E-state index in [1.807, 2.05) is 0 Å². The van der Waals surface area contributed by atoms with Crippen LogP contribution in [-0.4, -0.2) is 43.1 Å². The zero-order chi connectivity index (χ0) is 15.4. The van der Waals surface area contributed by atoms with E-state index in [-0.39, 0.29) is 11.4 Å². The molecule has 3 N–H and O–H groups in total. The molecule has 0 aliphatic carbocycles. The average Bonchev–Trinajstić information content (AvgIpc) is 2.47. The maximum absolute atomic E-state index is 11.6. The molecule has 2 rings (SSSR count). The van der Waals surface area contributed by atoms with Gasteiger partial charge in [0.05, 0.1) is 11.5 Å². The van der Waals surface area contributed by atoms with Crippen molar-refractivity contribution in [3.05, 3.63) is 28.3 Å². The summed E-state index contributed by atoms with van der Waals surface area (Å²) >= 11 is 0. The molecule has 1 aliphatic rings. The summed E-state index contributed by atoms with van der Waals surface area (Å²) < 4.78 is 5.33. The van der Waals surface area contributed by atoms with Crippen molar-refractivity contribution < 1.29 is 14.5 Å². The fourth-order valence-corrected chi connectivity index (χ4v) is 2.44. The second kappa shape index (κ2) is 6.40. The van der Waals surface area contributed by atoms with E-state index in [9.17, 15) is 14.9 Å². The largest absolute Gasteiger partial charge is 0.487 e. The first-order valence-corrected chi connectivity index (χ1v) is 6.73. The normalized spacial score (nSPS) is 18.3. The van der Waals surface area contributed by atoms with Crippen LogP contribution in [0.15, 0.2) is 18.2 Å². The van der Waals surface area contributed by atoms with E-state index in [2.05, 4.69) is 5.32 Å². The van der Waals surface area contributed by atoms with E-state index in [1.54, 1.807) is 30.0 Å². The number of nitrogens with one attached hydrogen (secondary N) is 1. The van der Waals surface area contributed by atoms with Crippen LogP contribution in [0.3, 0.4) is 0 Å². The van der Waals surface area contributed by atoms with Crippen molar-refractivity contribution in [3.63, 3.8) is 0 Å². The summed E-state index contributed by atoms with van der Waals surface area (Å²) in [6, 6.07) is 4.22. The number of benzene rings is 1. The van der Waals surface area contributed by atoms with Gasteiger partial charge in [0, 0.05) is 19.6 Å². The Kier molecular flexibility index (Phi) is 4.59. The van der Waals surface area contributed by atoms with Crippen LogP contribution in [0.2, 0.25) is 0 Å². The quantitative estimate of drug-likeness (QED) is 0.595. The molecule has 21 heavy (non-hydrogen) atoms. The predicted molar refractivity (Wildman–Crippen MR) is 77.5 cm³/mol. The second-order valence-electron chi connectivity index (χ2n) is 4.63. The molecule has 0 bridgehead atoms. The molecule has 0 aromatic heterocycles. The summed E-state index contributed by atoms with van der Waals surface area (Å²) in [4.78, 5) is 24.2. The van der Waals surface area contributed by atoms with E-state index in [1.165, 1.54) is 0 Å². The molecule has 0 radical (unpaired) electrons. The lowest BCUT2D eigenvalue weighted by Crippen LogP contribution is -2.57. The number of piperazine rings is 1. The zero-order valence-corrected chi connectivity index (χ0v) is 11.7. The van der Waals surface area contributed by atoms with Gasteiger partial charge in [-0.1, -0.05) is 6.07 Å². The number of rotatable bonds is 5. The highest BCUT2D eigenvalue weighted by molar-refractivity contribution is 5.86. The van der Waals surface area contributed by atoms with Crippen LogP contribution in [-0.2, 0) is 4.79 Å². The van der Waals surface area contributed by atoms with Crippen LogP contribution in [0.1, 0.15) is 6.92 Å². The molecule has 1 heterocycles. The Hall–Kier alpha value is -2.35. The molecule has 1 aromatic rings. The fraction of sp³-hybridized carbons (Fsp3) is 0.462.